The number of hydrogen-bond acceptors (Lipinski definition) is 4. The molecule has 0 radical (unpaired) electrons. The maximum Gasteiger partial charge on any atom is 0.293 e. The summed E-state index contributed by atoms with van der Waals surface area (Å²) in [5.41, 5.74) is 1.72. The number of fused-ring (bicyclic) bond motifs is 1. The monoisotopic (exact) mass is 366 g/mol. The zero-order valence-corrected chi connectivity index (χ0v) is 14.9. The van der Waals surface area contributed by atoms with Gasteiger partial charge in [-0.05, 0) is 30.3 Å². The Morgan fingerprint density at radius 3 is 2.52 bits per heavy atom. The summed E-state index contributed by atoms with van der Waals surface area (Å²) in [6.45, 7) is 1.91. The number of anilines is 1. The van der Waals surface area contributed by atoms with Crippen LogP contribution < -0.4 is 10.5 Å². The molecule has 7 heteroatoms. The van der Waals surface area contributed by atoms with Crippen molar-refractivity contribution in [2.75, 3.05) is 31.1 Å². The van der Waals surface area contributed by atoms with Crippen LogP contribution in [0.4, 0.5) is 10.2 Å². The standard InChI is InChI=1S/C20H19FN4O2/c1-23-17-8-3-2-7-16(17)22-18(20(23)27)24-9-11-25(12-10-24)19(26)14-5-4-6-15(21)13-14/h2-8,13H,9-12H2,1H3. The van der Waals surface area contributed by atoms with E-state index in [1.165, 1.54) is 18.2 Å². The number of aryl methyl sites for hydroxylation is 1. The zero-order valence-electron chi connectivity index (χ0n) is 14.9. The fraction of sp³-hybridized carbons (Fsp3) is 0.250. The Morgan fingerprint density at radius 2 is 1.78 bits per heavy atom. The molecule has 0 saturated carbocycles. The van der Waals surface area contributed by atoms with E-state index in [0.717, 1.165) is 11.0 Å². The molecule has 3 aromatic rings. The molecule has 1 aliphatic rings. The van der Waals surface area contributed by atoms with E-state index in [1.807, 2.05) is 29.2 Å². The fourth-order valence-electron chi connectivity index (χ4n) is 3.40. The van der Waals surface area contributed by atoms with Crippen LogP contribution in [0, 0.1) is 5.82 Å². The molecule has 1 amide bonds. The quantitative estimate of drug-likeness (QED) is 0.696. The van der Waals surface area contributed by atoms with Crippen molar-refractivity contribution in [2.45, 2.75) is 0 Å². The summed E-state index contributed by atoms with van der Waals surface area (Å²) in [7, 11) is 1.74. The first-order chi connectivity index (χ1) is 13.0. The van der Waals surface area contributed by atoms with Crippen LogP contribution in [0.2, 0.25) is 0 Å². The highest BCUT2D eigenvalue weighted by atomic mass is 19.1. The number of carbonyl (C=O) groups excluding carboxylic acids is 1. The Hall–Kier alpha value is -3.22. The van der Waals surface area contributed by atoms with Gasteiger partial charge in [-0.3, -0.25) is 9.59 Å². The van der Waals surface area contributed by atoms with E-state index in [-0.39, 0.29) is 11.5 Å². The van der Waals surface area contributed by atoms with Gasteiger partial charge in [0.2, 0.25) is 0 Å². The van der Waals surface area contributed by atoms with E-state index in [1.54, 1.807) is 22.6 Å². The molecule has 1 saturated heterocycles. The number of halogens is 1. The third kappa shape index (κ3) is 3.16. The van der Waals surface area contributed by atoms with Gasteiger partial charge in [-0.15, -0.1) is 0 Å². The van der Waals surface area contributed by atoms with Gasteiger partial charge in [-0.2, -0.15) is 0 Å². The summed E-state index contributed by atoms with van der Waals surface area (Å²) in [4.78, 5) is 33.4. The summed E-state index contributed by atoms with van der Waals surface area (Å²) in [5.74, 6) is -0.231. The van der Waals surface area contributed by atoms with Crippen LogP contribution >= 0.6 is 0 Å². The molecule has 0 atom stereocenters. The second-order valence-electron chi connectivity index (χ2n) is 6.58. The summed E-state index contributed by atoms with van der Waals surface area (Å²) in [5, 5.41) is 0. The largest absolute Gasteiger partial charge is 0.348 e. The van der Waals surface area contributed by atoms with Gasteiger partial charge in [0.25, 0.3) is 11.5 Å². The maximum absolute atomic E-state index is 13.4. The van der Waals surface area contributed by atoms with E-state index >= 15 is 0 Å². The Kier molecular flexibility index (Phi) is 4.35. The number of rotatable bonds is 2. The van der Waals surface area contributed by atoms with Crippen molar-refractivity contribution in [3.8, 4) is 0 Å². The average Bonchev–Trinajstić information content (AvgIpc) is 2.70. The lowest BCUT2D eigenvalue weighted by Crippen LogP contribution is -2.50. The molecule has 2 aromatic carbocycles. The van der Waals surface area contributed by atoms with Gasteiger partial charge in [0.1, 0.15) is 5.82 Å². The first kappa shape index (κ1) is 17.2. The number of amides is 1. The molecular weight excluding hydrogens is 347 g/mol. The van der Waals surface area contributed by atoms with Gasteiger partial charge in [-0.25, -0.2) is 9.37 Å². The molecule has 1 aromatic heterocycles. The van der Waals surface area contributed by atoms with Crippen LogP contribution in [0.15, 0.2) is 53.3 Å². The van der Waals surface area contributed by atoms with Crippen LogP contribution in [0.3, 0.4) is 0 Å². The van der Waals surface area contributed by atoms with Gasteiger partial charge >= 0.3 is 0 Å². The molecule has 1 fully saturated rings. The maximum atomic E-state index is 13.4. The van der Waals surface area contributed by atoms with E-state index in [4.69, 9.17) is 0 Å². The van der Waals surface area contributed by atoms with Crippen molar-refractivity contribution in [1.82, 2.24) is 14.5 Å². The third-order valence-electron chi connectivity index (χ3n) is 4.90. The predicted molar refractivity (Wildman–Crippen MR) is 102 cm³/mol. The van der Waals surface area contributed by atoms with Crippen molar-refractivity contribution >= 4 is 22.8 Å². The molecule has 0 bridgehead atoms. The highest BCUT2D eigenvalue weighted by molar-refractivity contribution is 5.94. The number of nitrogens with zero attached hydrogens (tertiary/aromatic N) is 4. The van der Waals surface area contributed by atoms with Crippen LogP contribution in [-0.4, -0.2) is 46.5 Å². The fourth-order valence-corrected chi connectivity index (χ4v) is 3.40. The lowest BCUT2D eigenvalue weighted by Gasteiger charge is -2.35. The molecule has 0 unspecified atom stereocenters. The summed E-state index contributed by atoms with van der Waals surface area (Å²) in [6, 6.07) is 13.2. The topological polar surface area (TPSA) is 58.4 Å². The van der Waals surface area contributed by atoms with E-state index < -0.39 is 5.82 Å². The number of piperazine rings is 1. The molecule has 6 nitrogen and oxygen atoms in total. The van der Waals surface area contributed by atoms with Crippen LogP contribution in [0.1, 0.15) is 10.4 Å². The summed E-state index contributed by atoms with van der Waals surface area (Å²) < 4.78 is 15.0. The molecule has 4 rings (SSSR count). The van der Waals surface area contributed by atoms with Gasteiger partial charge in [0.05, 0.1) is 11.0 Å². The minimum atomic E-state index is -0.427. The van der Waals surface area contributed by atoms with E-state index in [2.05, 4.69) is 4.98 Å². The van der Waals surface area contributed by atoms with Crippen LogP contribution in [0.25, 0.3) is 11.0 Å². The van der Waals surface area contributed by atoms with Crippen molar-refractivity contribution in [2.24, 2.45) is 7.05 Å². The minimum Gasteiger partial charge on any atom is -0.348 e. The van der Waals surface area contributed by atoms with Crippen molar-refractivity contribution in [3.63, 3.8) is 0 Å². The number of aromatic nitrogens is 2. The molecule has 138 valence electrons. The average molecular weight is 366 g/mol. The van der Waals surface area contributed by atoms with Gasteiger partial charge < -0.3 is 14.4 Å². The molecule has 0 spiro atoms. The Balaban J connectivity index is 1.54. The normalized spacial score (nSPS) is 14.6. The zero-order chi connectivity index (χ0) is 19.0. The number of para-hydroxylation sites is 2. The van der Waals surface area contributed by atoms with E-state index in [9.17, 15) is 14.0 Å². The van der Waals surface area contributed by atoms with Crippen molar-refractivity contribution < 1.29 is 9.18 Å². The van der Waals surface area contributed by atoms with Gasteiger partial charge in [0, 0.05) is 38.8 Å². The lowest BCUT2D eigenvalue weighted by molar-refractivity contribution is 0.0746. The molecule has 2 heterocycles. The van der Waals surface area contributed by atoms with Crippen LogP contribution in [0.5, 0.6) is 0 Å². The first-order valence-corrected chi connectivity index (χ1v) is 8.80. The number of carbonyl (C=O) groups is 1. The smallest absolute Gasteiger partial charge is 0.293 e. The second-order valence-corrected chi connectivity index (χ2v) is 6.58. The van der Waals surface area contributed by atoms with Gasteiger partial charge in [-0.1, -0.05) is 18.2 Å². The highest BCUT2D eigenvalue weighted by Gasteiger charge is 2.25. The molecule has 0 N–H and O–H groups in total. The van der Waals surface area contributed by atoms with Crippen LogP contribution in [-0.2, 0) is 7.05 Å². The summed E-state index contributed by atoms with van der Waals surface area (Å²) in [6.07, 6.45) is 0. The Morgan fingerprint density at radius 1 is 1.04 bits per heavy atom. The SMILES string of the molecule is Cn1c(=O)c(N2CCN(C(=O)c3cccc(F)c3)CC2)nc2ccccc21. The molecule has 0 aliphatic carbocycles. The van der Waals surface area contributed by atoms with Gasteiger partial charge in [0.15, 0.2) is 5.82 Å². The Labute approximate surface area is 155 Å². The number of hydrogen-bond donors (Lipinski definition) is 0. The van der Waals surface area contributed by atoms with Crippen molar-refractivity contribution in [3.05, 3.63) is 70.3 Å². The molecule has 1 aliphatic heterocycles. The minimum absolute atomic E-state index is 0.154. The molecule has 27 heavy (non-hydrogen) atoms. The molecular formula is C20H19FN4O2. The third-order valence-corrected chi connectivity index (χ3v) is 4.90. The second kappa shape index (κ2) is 6.83. The van der Waals surface area contributed by atoms with Crippen molar-refractivity contribution in [1.29, 1.82) is 0 Å². The predicted octanol–water partition coefficient (Wildman–Crippen LogP) is 2.03. The number of benzene rings is 2. The lowest BCUT2D eigenvalue weighted by atomic mass is 10.1. The Bertz CT molecular complexity index is 1070. The highest BCUT2D eigenvalue weighted by Crippen LogP contribution is 2.16. The summed E-state index contributed by atoms with van der Waals surface area (Å²) >= 11 is 0. The first-order valence-electron chi connectivity index (χ1n) is 8.80. The van der Waals surface area contributed by atoms with E-state index in [0.29, 0.717) is 37.6 Å².